The third kappa shape index (κ3) is 4.94. The van der Waals surface area contributed by atoms with Gasteiger partial charge in [0, 0.05) is 38.1 Å². The van der Waals surface area contributed by atoms with E-state index in [1.54, 1.807) is 6.20 Å². The van der Waals surface area contributed by atoms with Crippen LogP contribution in [-0.2, 0) is 4.74 Å². The molecule has 2 fully saturated rings. The lowest BCUT2D eigenvalue weighted by Gasteiger charge is -2.24. The van der Waals surface area contributed by atoms with Crippen LogP contribution in [0.15, 0.2) is 18.3 Å². The Bertz CT molecular complexity index is 519. The highest BCUT2D eigenvalue weighted by molar-refractivity contribution is 5.93. The van der Waals surface area contributed by atoms with Gasteiger partial charge >= 0.3 is 0 Å². The lowest BCUT2D eigenvalue weighted by Crippen LogP contribution is -2.32. The highest BCUT2D eigenvalue weighted by Gasteiger charge is 2.18. The molecule has 2 aliphatic heterocycles. The highest BCUT2D eigenvalue weighted by Crippen LogP contribution is 2.19. The minimum absolute atomic E-state index is 0.100. The summed E-state index contributed by atoms with van der Waals surface area (Å²) in [6.45, 7) is 3.53. The number of ether oxygens (including phenoxy) is 1. The first-order valence-electron chi connectivity index (χ1n) is 9.44. The van der Waals surface area contributed by atoms with Gasteiger partial charge in [0.1, 0.15) is 5.69 Å². The number of anilines is 1. The summed E-state index contributed by atoms with van der Waals surface area (Å²) < 4.78 is 5.55. The van der Waals surface area contributed by atoms with Crippen molar-refractivity contribution in [2.24, 2.45) is 0 Å². The molecule has 1 aromatic rings. The summed E-state index contributed by atoms with van der Waals surface area (Å²) in [7, 11) is 0. The van der Waals surface area contributed by atoms with Crippen LogP contribution in [0.2, 0.25) is 0 Å². The van der Waals surface area contributed by atoms with Crippen LogP contribution in [0.1, 0.15) is 61.9 Å². The molecule has 0 unspecified atom stereocenters. The van der Waals surface area contributed by atoms with Gasteiger partial charge in [-0.25, -0.2) is 0 Å². The average Bonchev–Trinajstić information content (AvgIpc) is 3.17. The van der Waals surface area contributed by atoms with Gasteiger partial charge in [-0.3, -0.25) is 9.78 Å². The van der Waals surface area contributed by atoms with E-state index in [0.29, 0.717) is 12.2 Å². The van der Waals surface area contributed by atoms with Gasteiger partial charge in [0.05, 0.1) is 6.10 Å². The van der Waals surface area contributed by atoms with Crippen molar-refractivity contribution in [3.05, 3.63) is 24.0 Å². The summed E-state index contributed by atoms with van der Waals surface area (Å²) >= 11 is 0. The molecule has 2 saturated heterocycles. The van der Waals surface area contributed by atoms with Gasteiger partial charge in [-0.1, -0.05) is 25.7 Å². The van der Waals surface area contributed by atoms with Crippen LogP contribution in [0.3, 0.4) is 0 Å². The van der Waals surface area contributed by atoms with Crippen molar-refractivity contribution in [3.8, 4) is 0 Å². The van der Waals surface area contributed by atoms with Crippen LogP contribution in [0.25, 0.3) is 0 Å². The SMILES string of the molecule is O=C(NC[C@@H]1CCCO1)c1cc(N2CCCCCCCC2)ccn1. The number of aromatic nitrogens is 1. The maximum absolute atomic E-state index is 12.4. The molecule has 5 nitrogen and oxygen atoms in total. The molecule has 132 valence electrons. The number of rotatable bonds is 4. The van der Waals surface area contributed by atoms with Gasteiger partial charge in [-0.15, -0.1) is 0 Å². The van der Waals surface area contributed by atoms with E-state index in [0.717, 1.165) is 38.2 Å². The molecule has 0 bridgehead atoms. The summed E-state index contributed by atoms with van der Waals surface area (Å²) in [6, 6.07) is 3.96. The number of carbonyl (C=O) groups is 1. The Morgan fingerprint density at radius 3 is 2.62 bits per heavy atom. The molecule has 1 N–H and O–H groups in total. The third-order valence-corrected chi connectivity index (χ3v) is 4.96. The standard InChI is InChI=1S/C19H29N3O2/c23-19(21-15-17-8-7-13-24-17)18-14-16(9-10-20-18)22-11-5-3-1-2-4-6-12-22/h9-10,14,17H,1-8,11-13,15H2,(H,21,23)/t17-/m0/s1. The van der Waals surface area contributed by atoms with Crippen LogP contribution in [-0.4, -0.2) is 43.2 Å². The van der Waals surface area contributed by atoms with E-state index >= 15 is 0 Å². The number of pyridine rings is 1. The Balaban J connectivity index is 1.60. The van der Waals surface area contributed by atoms with Crippen molar-refractivity contribution in [1.29, 1.82) is 0 Å². The third-order valence-electron chi connectivity index (χ3n) is 4.96. The van der Waals surface area contributed by atoms with Crippen LogP contribution < -0.4 is 10.2 Å². The van der Waals surface area contributed by atoms with E-state index in [1.807, 2.05) is 12.1 Å². The van der Waals surface area contributed by atoms with Crippen LogP contribution in [0.4, 0.5) is 5.69 Å². The van der Waals surface area contributed by atoms with Crippen LogP contribution in [0.5, 0.6) is 0 Å². The fourth-order valence-corrected chi connectivity index (χ4v) is 3.53. The average molecular weight is 331 g/mol. The molecule has 2 aliphatic rings. The van der Waals surface area contributed by atoms with Crippen molar-refractivity contribution in [1.82, 2.24) is 10.3 Å². The highest BCUT2D eigenvalue weighted by atomic mass is 16.5. The summed E-state index contributed by atoms with van der Waals surface area (Å²) in [5.41, 5.74) is 1.62. The van der Waals surface area contributed by atoms with Crippen molar-refractivity contribution < 1.29 is 9.53 Å². The predicted octanol–water partition coefficient (Wildman–Crippen LogP) is 3.15. The zero-order chi connectivity index (χ0) is 16.6. The minimum Gasteiger partial charge on any atom is -0.376 e. The molecule has 5 heteroatoms. The summed E-state index contributed by atoms with van der Waals surface area (Å²) in [4.78, 5) is 19.0. The number of hydrogen-bond donors (Lipinski definition) is 1. The molecular formula is C19H29N3O2. The van der Waals surface area contributed by atoms with Crippen molar-refractivity contribution >= 4 is 11.6 Å². The fourth-order valence-electron chi connectivity index (χ4n) is 3.53. The summed E-state index contributed by atoms with van der Waals surface area (Å²) in [5, 5.41) is 2.96. The first kappa shape index (κ1) is 17.2. The lowest BCUT2D eigenvalue weighted by molar-refractivity contribution is 0.0853. The number of carbonyl (C=O) groups excluding carboxylic acids is 1. The first-order valence-corrected chi connectivity index (χ1v) is 9.44. The Hall–Kier alpha value is -1.62. The van der Waals surface area contributed by atoms with E-state index in [-0.39, 0.29) is 12.0 Å². The molecule has 1 amide bonds. The molecule has 0 spiro atoms. The van der Waals surface area contributed by atoms with Gasteiger partial charge in [-0.2, -0.15) is 0 Å². The summed E-state index contributed by atoms with van der Waals surface area (Å²) in [6.07, 6.45) is 11.8. The van der Waals surface area contributed by atoms with Crippen molar-refractivity contribution in [2.45, 2.75) is 57.5 Å². The second-order valence-electron chi connectivity index (χ2n) is 6.85. The maximum Gasteiger partial charge on any atom is 0.270 e. The van der Waals surface area contributed by atoms with Gasteiger partial charge in [0.15, 0.2) is 0 Å². The largest absolute Gasteiger partial charge is 0.376 e. The Labute approximate surface area is 144 Å². The Morgan fingerprint density at radius 1 is 1.17 bits per heavy atom. The predicted molar refractivity (Wildman–Crippen MR) is 95.5 cm³/mol. The van der Waals surface area contributed by atoms with Crippen LogP contribution >= 0.6 is 0 Å². The number of nitrogens with one attached hydrogen (secondary N) is 1. The lowest BCUT2D eigenvalue weighted by atomic mass is 10.1. The van der Waals surface area contributed by atoms with Gasteiger partial charge in [0.25, 0.3) is 5.91 Å². The zero-order valence-electron chi connectivity index (χ0n) is 14.5. The first-order chi connectivity index (χ1) is 11.8. The van der Waals surface area contributed by atoms with E-state index in [1.165, 1.54) is 38.5 Å². The Morgan fingerprint density at radius 2 is 1.92 bits per heavy atom. The molecule has 0 aliphatic carbocycles. The molecule has 0 radical (unpaired) electrons. The molecule has 24 heavy (non-hydrogen) atoms. The molecule has 3 heterocycles. The molecule has 1 atom stereocenters. The topological polar surface area (TPSA) is 54.5 Å². The van der Waals surface area contributed by atoms with E-state index in [9.17, 15) is 4.79 Å². The molecule has 0 aromatic carbocycles. The number of amides is 1. The summed E-state index contributed by atoms with van der Waals surface area (Å²) in [5.74, 6) is -0.100. The quantitative estimate of drug-likeness (QED) is 0.921. The van der Waals surface area contributed by atoms with E-state index in [4.69, 9.17) is 4.74 Å². The second kappa shape index (κ2) is 9.02. The monoisotopic (exact) mass is 331 g/mol. The van der Waals surface area contributed by atoms with Crippen LogP contribution in [0, 0.1) is 0 Å². The fraction of sp³-hybridized carbons (Fsp3) is 0.684. The molecular weight excluding hydrogens is 302 g/mol. The second-order valence-corrected chi connectivity index (χ2v) is 6.85. The zero-order valence-corrected chi connectivity index (χ0v) is 14.5. The van der Waals surface area contributed by atoms with Gasteiger partial charge < -0.3 is 15.0 Å². The number of hydrogen-bond acceptors (Lipinski definition) is 4. The maximum atomic E-state index is 12.4. The van der Waals surface area contributed by atoms with E-state index in [2.05, 4.69) is 15.2 Å². The van der Waals surface area contributed by atoms with Crippen molar-refractivity contribution in [2.75, 3.05) is 31.1 Å². The Kier molecular flexibility index (Phi) is 6.47. The smallest absolute Gasteiger partial charge is 0.270 e. The van der Waals surface area contributed by atoms with E-state index < -0.39 is 0 Å². The normalized spacial score (nSPS) is 22.5. The minimum atomic E-state index is -0.100. The molecule has 3 rings (SSSR count). The van der Waals surface area contributed by atoms with Gasteiger partial charge in [0.2, 0.25) is 0 Å². The number of nitrogens with zero attached hydrogens (tertiary/aromatic N) is 2. The van der Waals surface area contributed by atoms with Crippen molar-refractivity contribution in [3.63, 3.8) is 0 Å². The molecule has 1 aromatic heterocycles. The van der Waals surface area contributed by atoms with Gasteiger partial charge in [-0.05, 0) is 37.8 Å². The molecule has 0 saturated carbocycles.